The molecule has 0 aliphatic heterocycles. The number of anilines is 3. The molecule has 1 aromatic carbocycles. The van der Waals surface area contributed by atoms with E-state index in [2.05, 4.69) is 44.7 Å². The zero-order valence-electron chi connectivity index (χ0n) is 24.7. The monoisotopic (exact) mass is 563 g/mol. The van der Waals surface area contributed by atoms with E-state index in [-0.39, 0.29) is 29.6 Å². The third-order valence-corrected chi connectivity index (χ3v) is 6.88. The van der Waals surface area contributed by atoms with Crippen LogP contribution >= 0.6 is 0 Å². The number of hydrogen-bond acceptors (Lipinski definition) is 7. The number of amides is 2. The molecule has 10 heteroatoms. The first-order valence-corrected chi connectivity index (χ1v) is 14.2. The second-order valence-corrected chi connectivity index (χ2v) is 10.6. The molecule has 1 aliphatic rings. The van der Waals surface area contributed by atoms with Crippen molar-refractivity contribution in [3.8, 4) is 11.8 Å². The van der Waals surface area contributed by atoms with E-state index in [0.717, 1.165) is 38.6 Å². The predicted molar refractivity (Wildman–Crippen MR) is 161 cm³/mol. The van der Waals surface area contributed by atoms with Gasteiger partial charge in [0.15, 0.2) is 0 Å². The Hall–Kier alpha value is -3.97. The fraction of sp³-hybridized carbons (Fsp3) is 0.484. The number of nitrogens with one attached hydrogen (secondary N) is 3. The Morgan fingerprint density at radius 1 is 1.24 bits per heavy atom. The molecule has 1 heterocycles. The molecule has 3 N–H and O–H groups in total. The Morgan fingerprint density at radius 2 is 2.05 bits per heavy atom. The van der Waals surface area contributed by atoms with Crippen molar-refractivity contribution in [1.29, 1.82) is 0 Å². The van der Waals surface area contributed by atoms with Gasteiger partial charge in [0.25, 0.3) is 0 Å². The maximum Gasteiger partial charge on any atom is 0.246 e. The van der Waals surface area contributed by atoms with Gasteiger partial charge in [-0.2, -0.15) is 4.98 Å². The molecule has 1 aromatic heterocycles. The third kappa shape index (κ3) is 10.2. The SMILES string of the molecule is CCCNc1nc(Nc2cccc(F)c2)ncc1C#C[C@@H]1CCC[C@H](NC(=O)C(C)N(C)C(=O)C=CCN(C)C)C1. The Morgan fingerprint density at radius 3 is 2.78 bits per heavy atom. The normalized spacial score (nSPS) is 17.4. The van der Waals surface area contributed by atoms with E-state index in [1.807, 2.05) is 19.0 Å². The van der Waals surface area contributed by atoms with Gasteiger partial charge < -0.3 is 25.8 Å². The van der Waals surface area contributed by atoms with Crippen LogP contribution in [0.4, 0.5) is 21.8 Å². The van der Waals surface area contributed by atoms with Gasteiger partial charge in [-0.25, -0.2) is 9.37 Å². The zero-order chi connectivity index (χ0) is 29.8. The van der Waals surface area contributed by atoms with Crippen molar-refractivity contribution in [3.63, 3.8) is 0 Å². The van der Waals surface area contributed by atoms with Crippen molar-refractivity contribution < 1.29 is 14.0 Å². The van der Waals surface area contributed by atoms with E-state index in [1.54, 1.807) is 38.4 Å². The fourth-order valence-corrected chi connectivity index (χ4v) is 4.41. The van der Waals surface area contributed by atoms with Gasteiger partial charge >= 0.3 is 0 Å². The zero-order valence-corrected chi connectivity index (χ0v) is 24.7. The molecular weight excluding hydrogens is 521 g/mol. The van der Waals surface area contributed by atoms with Crippen molar-refractivity contribution in [2.24, 2.45) is 5.92 Å². The Bertz CT molecular complexity index is 1270. The van der Waals surface area contributed by atoms with Crippen LogP contribution in [0.25, 0.3) is 0 Å². The predicted octanol–water partition coefficient (Wildman–Crippen LogP) is 4.17. The highest BCUT2D eigenvalue weighted by molar-refractivity contribution is 5.92. The summed E-state index contributed by atoms with van der Waals surface area (Å²) in [6.07, 6.45) is 9.40. The van der Waals surface area contributed by atoms with Crippen molar-refractivity contribution in [2.45, 2.75) is 58.0 Å². The van der Waals surface area contributed by atoms with Crippen molar-refractivity contribution in [1.82, 2.24) is 25.1 Å². The molecule has 3 atom stereocenters. The number of nitrogens with zero attached hydrogens (tertiary/aromatic N) is 4. The Labute approximate surface area is 243 Å². The van der Waals surface area contributed by atoms with E-state index in [4.69, 9.17) is 0 Å². The maximum absolute atomic E-state index is 13.6. The van der Waals surface area contributed by atoms with Crippen LogP contribution < -0.4 is 16.0 Å². The molecule has 0 spiro atoms. The maximum atomic E-state index is 13.6. The summed E-state index contributed by atoms with van der Waals surface area (Å²) in [6.45, 7) is 5.19. The molecule has 0 bridgehead atoms. The lowest BCUT2D eigenvalue weighted by molar-refractivity contribution is -0.135. The highest BCUT2D eigenvalue weighted by Gasteiger charge is 2.26. The molecule has 0 radical (unpaired) electrons. The molecule has 1 saturated carbocycles. The smallest absolute Gasteiger partial charge is 0.246 e. The van der Waals surface area contributed by atoms with Crippen LogP contribution in [0.15, 0.2) is 42.6 Å². The number of rotatable bonds is 11. The molecule has 1 unspecified atom stereocenters. The number of benzene rings is 1. The topological polar surface area (TPSA) is 102 Å². The summed E-state index contributed by atoms with van der Waals surface area (Å²) in [7, 11) is 5.50. The van der Waals surface area contributed by atoms with Crippen LogP contribution in [0.3, 0.4) is 0 Å². The minimum absolute atomic E-state index is 0.00225. The Kier molecular flexibility index (Phi) is 12.1. The first-order chi connectivity index (χ1) is 19.7. The second-order valence-electron chi connectivity index (χ2n) is 10.6. The molecule has 1 fully saturated rings. The van der Waals surface area contributed by atoms with E-state index in [1.165, 1.54) is 23.1 Å². The highest BCUT2D eigenvalue weighted by Crippen LogP contribution is 2.25. The molecule has 2 aromatic rings. The largest absolute Gasteiger partial charge is 0.369 e. The van der Waals surface area contributed by atoms with Crippen LogP contribution in [0.2, 0.25) is 0 Å². The van der Waals surface area contributed by atoms with Gasteiger partial charge in [0, 0.05) is 43.9 Å². The summed E-state index contributed by atoms with van der Waals surface area (Å²) >= 11 is 0. The van der Waals surface area contributed by atoms with Crippen LogP contribution in [0.1, 0.15) is 51.5 Å². The van der Waals surface area contributed by atoms with Crippen LogP contribution in [-0.2, 0) is 9.59 Å². The van der Waals surface area contributed by atoms with E-state index in [9.17, 15) is 14.0 Å². The highest BCUT2D eigenvalue weighted by atomic mass is 19.1. The lowest BCUT2D eigenvalue weighted by Crippen LogP contribution is -2.49. The molecule has 2 amide bonds. The minimum atomic E-state index is -0.582. The van der Waals surface area contributed by atoms with Gasteiger partial charge in [0.2, 0.25) is 17.8 Å². The average Bonchev–Trinajstić information content (AvgIpc) is 2.94. The van der Waals surface area contributed by atoms with Gasteiger partial charge in [-0.15, -0.1) is 0 Å². The number of carbonyl (C=O) groups excluding carboxylic acids is 2. The first-order valence-electron chi connectivity index (χ1n) is 14.2. The standard InChI is InChI=1S/C31H42FN7O2/c1-6-17-33-29-24(21-34-31(37-29)36-27-13-8-11-25(32)20-27)16-15-23-10-7-12-26(19-23)35-30(41)22(2)39(5)28(40)14-9-18-38(3)4/h8-9,11,13-14,20-23,26H,6-7,10,12,17-19H2,1-5H3,(H,35,41)(H2,33,34,36,37)/t22?,23-,26-/m0/s1. The quantitative estimate of drug-likeness (QED) is 0.279. The molecule has 0 saturated heterocycles. The van der Waals surface area contributed by atoms with Crippen molar-refractivity contribution in [3.05, 3.63) is 54.0 Å². The summed E-state index contributed by atoms with van der Waals surface area (Å²) < 4.78 is 13.6. The minimum Gasteiger partial charge on any atom is -0.369 e. The molecule has 41 heavy (non-hydrogen) atoms. The van der Waals surface area contributed by atoms with Crippen molar-refractivity contribution in [2.75, 3.05) is 44.9 Å². The van der Waals surface area contributed by atoms with Gasteiger partial charge in [-0.1, -0.05) is 37.3 Å². The molecular formula is C31H42FN7O2. The number of aromatic nitrogens is 2. The van der Waals surface area contributed by atoms with E-state index >= 15 is 0 Å². The fourth-order valence-electron chi connectivity index (χ4n) is 4.41. The molecule has 1 aliphatic carbocycles. The van der Waals surface area contributed by atoms with Gasteiger partial charge in [0.05, 0.1) is 11.8 Å². The van der Waals surface area contributed by atoms with Crippen molar-refractivity contribution >= 4 is 29.3 Å². The van der Waals surface area contributed by atoms with Crippen LogP contribution in [-0.4, -0.2) is 77.9 Å². The number of carbonyl (C=O) groups is 2. The summed E-state index contributed by atoms with van der Waals surface area (Å²) in [5.74, 6) is 6.99. The molecule has 220 valence electrons. The first kappa shape index (κ1) is 31.6. The number of hydrogen-bond donors (Lipinski definition) is 3. The summed E-state index contributed by atoms with van der Waals surface area (Å²) in [6, 6.07) is 5.55. The van der Waals surface area contributed by atoms with E-state index in [0.29, 0.717) is 29.6 Å². The molecule has 3 rings (SSSR count). The third-order valence-electron chi connectivity index (χ3n) is 6.88. The average molecular weight is 564 g/mol. The lowest BCUT2D eigenvalue weighted by atomic mass is 9.86. The van der Waals surface area contributed by atoms with Gasteiger partial charge in [0.1, 0.15) is 17.7 Å². The Balaban J connectivity index is 1.62. The van der Waals surface area contributed by atoms with Gasteiger partial charge in [-0.3, -0.25) is 9.59 Å². The number of likely N-dealkylation sites (N-methyl/N-ethyl adjacent to an activating group) is 2. The lowest BCUT2D eigenvalue weighted by Gasteiger charge is -2.30. The molecule has 9 nitrogen and oxygen atoms in total. The van der Waals surface area contributed by atoms with Crippen LogP contribution in [0.5, 0.6) is 0 Å². The van der Waals surface area contributed by atoms with Crippen LogP contribution in [0, 0.1) is 23.6 Å². The van der Waals surface area contributed by atoms with Gasteiger partial charge in [-0.05, 0) is 64.9 Å². The second kappa shape index (κ2) is 15.7. The summed E-state index contributed by atoms with van der Waals surface area (Å²) in [5, 5.41) is 9.47. The summed E-state index contributed by atoms with van der Waals surface area (Å²) in [5.41, 5.74) is 1.25. The van der Waals surface area contributed by atoms with E-state index < -0.39 is 6.04 Å². The summed E-state index contributed by atoms with van der Waals surface area (Å²) in [4.78, 5) is 37.7. The number of halogens is 1.